The van der Waals surface area contributed by atoms with Crippen LogP contribution in [-0.2, 0) is 9.53 Å². The number of amides is 1. The molecular formula is C14H16BrNO4. The predicted molar refractivity (Wildman–Crippen MR) is 76.8 cm³/mol. The Labute approximate surface area is 125 Å². The average Bonchev–Trinajstić information content (AvgIpc) is 2.32. The molecule has 0 bridgehead atoms. The van der Waals surface area contributed by atoms with Gasteiger partial charge >= 0.3 is 5.97 Å². The van der Waals surface area contributed by atoms with Gasteiger partial charge in [0.15, 0.2) is 0 Å². The Hall–Kier alpha value is -1.40. The summed E-state index contributed by atoms with van der Waals surface area (Å²) in [7, 11) is 0. The number of carbonyl (C=O) groups is 2. The number of carboxylic acids is 1. The van der Waals surface area contributed by atoms with Crippen LogP contribution in [0.4, 0.5) is 0 Å². The molecule has 1 aliphatic rings. The highest BCUT2D eigenvalue weighted by Gasteiger charge is 2.43. The van der Waals surface area contributed by atoms with Crippen molar-refractivity contribution >= 4 is 27.8 Å². The van der Waals surface area contributed by atoms with Crippen molar-refractivity contribution in [2.75, 3.05) is 19.7 Å². The molecule has 0 saturated carbocycles. The number of hydrogen-bond acceptors (Lipinski definition) is 3. The maximum atomic E-state index is 12.3. The van der Waals surface area contributed by atoms with Gasteiger partial charge in [-0.3, -0.25) is 4.79 Å². The van der Waals surface area contributed by atoms with Gasteiger partial charge in [0.25, 0.3) is 5.91 Å². The number of carbonyl (C=O) groups excluding carboxylic acids is 1. The fraction of sp³-hybridized carbons (Fsp3) is 0.429. The molecule has 2 rings (SSSR count). The van der Waals surface area contributed by atoms with Crippen molar-refractivity contribution in [3.05, 3.63) is 33.8 Å². The van der Waals surface area contributed by atoms with Crippen molar-refractivity contribution in [1.82, 2.24) is 4.90 Å². The maximum Gasteiger partial charge on any atom is 0.329 e. The number of aliphatic carboxylic acids is 1. The van der Waals surface area contributed by atoms with Crippen LogP contribution in [0.3, 0.4) is 0 Å². The number of benzene rings is 1. The molecule has 1 amide bonds. The minimum Gasteiger partial charge on any atom is -0.480 e. The Balaban J connectivity index is 1.98. The Morgan fingerprint density at radius 2 is 2.10 bits per heavy atom. The first-order chi connectivity index (χ1) is 9.31. The van der Waals surface area contributed by atoms with Gasteiger partial charge in [-0.2, -0.15) is 0 Å². The van der Waals surface area contributed by atoms with Gasteiger partial charge < -0.3 is 14.7 Å². The molecule has 1 heterocycles. The molecule has 0 aliphatic carbocycles. The van der Waals surface area contributed by atoms with Crippen molar-refractivity contribution in [2.24, 2.45) is 0 Å². The lowest BCUT2D eigenvalue weighted by molar-refractivity contribution is -0.159. The Morgan fingerprint density at radius 3 is 2.65 bits per heavy atom. The number of hydrogen-bond donors (Lipinski definition) is 1. The predicted octanol–water partition coefficient (Wildman–Crippen LogP) is 2.07. The lowest BCUT2D eigenvalue weighted by atomic mass is 9.95. The van der Waals surface area contributed by atoms with E-state index in [9.17, 15) is 9.59 Å². The summed E-state index contributed by atoms with van der Waals surface area (Å²) in [5, 5.41) is 8.60. The third kappa shape index (κ3) is 3.19. The lowest BCUT2D eigenvalue weighted by Crippen LogP contribution is -2.63. The van der Waals surface area contributed by atoms with Crippen LogP contribution in [0.2, 0.25) is 0 Å². The van der Waals surface area contributed by atoms with Crippen molar-refractivity contribution in [3.8, 4) is 0 Å². The molecule has 1 aromatic carbocycles. The van der Waals surface area contributed by atoms with Crippen molar-refractivity contribution < 1.29 is 19.4 Å². The normalized spacial score (nSPS) is 16.6. The van der Waals surface area contributed by atoms with E-state index in [4.69, 9.17) is 9.84 Å². The van der Waals surface area contributed by atoms with Crippen LogP contribution < -0.4 is 0 Å². The number of nitrogens with zero attached hydrogens (tertiary/aromatic N) is 1. The number of aryl methyl sites for hydroxylation is 1. The van der Waals surface area contributed by atoms with Crippen LogP contribution in [0.25, 0.3) is 0 Å². The summed E-state index contributed by atoms with van der Waals surface area (Å²) < 4.78 is 6.05. The largest absolute Gasteiger partial charge is 0.480 e. The molecule has 108 valence electrons. The number of ether oxygens (including phenoxy) is 1. The summed E-state index contributed by atoms with van der Waals surface area (Å²) in [5.41, 5.74) is 1.12. The van der Waals surface area contributed by atoms with Crippen LogP contribution in [0.1, 0.15) is 22.8 Å². The SMILES string of the molecule is Cc1ccc(C(=O)N2CC(C)(OCC(=O)O)C2)c(Br)c1. The molecule has 0 radical (unpaired) electrons. The zero-order valence-electron chi connectivity index (χ0n) is 11.4. The molecule has 5 nitrogen and oxygen atoms in total. The van der Waals surface area contributed by atoms with E-state index in [0.29, 0.717) is 18.7 Å². The van der Waals surface area contributed by atoms with Crippen molar-refractivity contribution in [1.29, 1.82) is 0 Å². The Morgan fingerprint density at radius 1 is 1.45 bits per heavy atom. The highest BCUT2D eigenvalue weighted by molar-refractivity contribution is 9.10. The topological polar surface area (TPSA) is 66.8 Å². The van der Waals surface area contributed by atoms with Gasteiger partial charge in [-0.25, -0.2) is 4.79 Å². The van der Waals surface area contributed by atoms with Crippen molar-refractivity contribution in [2.45, 2.75) is 19.4 Å². The average molecular weight is 342 g/mol. The molecular weight excluding hydrogens is 326 g/mol. The molecule has 0 aromatic heterocycles. The standard InChI is InChI=1S/C14H16BrNO4/c1-9-3-4-10(11(15)5-9)13(19)16-7-14(2,8-16)20-6-12(17)18/h3-5H,6-8H2,1-2H3,(H,17,18). The highest BCUT2D eigenvalue weighted by atomic mass is 79.9. The molecule has 1 aliphatic heterocycles. The van der Waals surface area contributed by atoms with E-state index in [1.165, 1.54) is 0 Å². The lowest BCUT2D eigenvalue weighted by Gasteiger charge is -2.47. The molecule has 1 aromatic rings. The fourth-order valence-electron chi connectivity index (χ4n) is 2.20. The van der Waals surface area contributed by atoms with E-state index in [0.717, 1.165) is 10.0 Å². The van der Waals surface area contributed by atoms with Gasteiger partial charge in [0.2, 0.25) is 0 Å². The summed E-state index contributed by atoms with van der Waals surface area (Å²) in [4.78, 5) is 24.4. The third-order valence-electron chi connectivity index (χ3n) is 3.24. The molecule has 0 unspecified atom stereocenters. The van der Waals surface area contributed by atoms with E-state index in [-0.39, 0.29) is 12.5 Å². The number of rotatable bonds is 4. The molecule has 20 heavy (non-hydrogen) atoms. The van der Waals surface area contributed by atoms with Gasteiger partial charge in [0.1, 0.15) is 12.2 Å². The molecule has 1 fully saturated rings. The van der Waals surface area contributed by atoms with E-state index in [1.807, 2.05) is 26.0 Å². The monoisotopic (exact) mass is 341 g/mol. The first-order valence-corrected chi connectivity index (χ1v) is 7.01. The minimum atomic E-state index is -1.00. The Kier molecular flexibility index (Phi) is 4.15. The molecule has 1 N–H and O–H groups in total. The van der Waals surface area contributed by atoms with Gasteiger partial charge in [-0.1, -0.05) is 6.07 Å². The van der Waals surface area contributed by atoms with Gasteiger partial charge in [-0.15, -0.1) is 0 Å². The first kappa shape index (κ1) is 15.0. The van der Waals surface area contributed by atoms with Gasteiger partial charge in [0.05, 0.1) is 18.7 Å². The maximum absolute atomic E-state index is 12.3. The third-order valence-corrected chi connectivity index (χ3v) is 3.89. The van der Waals surface area contributed by atoms with Gasteiger partial charge in [0, 0.05) is 4.47 Å². The second-order valence-electron chi connectivity index (χ2n) is 5.28. The number of carboxylic acid groups (broad SMARTS) is 1. The number of likely N-dealkylation sites (tertiary alicyclic amines) is 1. The van der Waals surface area contributed by atoms with E-state index >= 15 is 0 Å². The van der Waals surface area contributed by atoms with Gasteiger partial charge in [-0.05, 0) is 47.5 Å². The van der Waals surface area contributed by atoms with Crippen molar-refractivity contribution in [3.63, 3.8) is 0 Å². The van der Waals surface area contributed by atoms with E-state index < -0.39 is 11.6 Å². The Bertz CT molecular complexity index is 552. The van der Waals surface area contributed by atoms with E-state index in [2.05, 4.69) is 15.9 Å². The second-order valence-corrected chi connectivity index (χ2v) is 6.13. The summed E-state index contributed by atoms with van der Waals surface area (Å²) in [6, 6.07) is 5.57. The smallest absolute Gasteiger partial charge is 0.329 e. The van der Waals surface area contributed by atoms with E-state index in [1.54, 1.807) is 11.0 Å². The van der Waals surface area contributed by atoms with Crippen LogP contribution >= 0.6 is 15.9 Å². The zero-order chi connectivity index (χ0) is 14.9. The molecule has 0 spiro atoms. The first-order valence-electron chi connectivity index (χ1n) is 6.22. The summed E-state index contributed by atoms with van der Waals surface area (Å²) in [6.07, 6.45) is 0. The molecule has 1 saturated heterocycles. The van der Waals surface area contributed by atoms with Crippen LogP contribution in [0, 0.1) is 6.92 Å². The number of halogens is 1. The fourth-order valence-corrected chi connectivity index (χ4v) is 2.86. The molecule has 0 atom stereocenters. The van der Waals surface area contributed by atoms with Crippen LogP contribution in [0.15, 0.2) is 22.7 Å². The zero-order valence-corrected chi connectivity index (χ0v) is 12.9. The second kappa shape index (κ2) is 5.54. The summed E-state index contributed by atoms with van der Waals surface area (Å²) in [5.74, 6) is -1.08. The quantitative estimate of drug-likeness (QED) is 0.910. The molecule has 6 heteroatoms. The highest BCUT2D eigenvalue weighted by Crippen LogP contribution is 2.28. The summed E-state index contributed by atoms with van der Waals surface area (Å²) in [6.45, 7) is 4.23. The van der Waals surface area contributed by atoms with Crippen LogP contribution in [-0.4, -0.2) is 47.2 Å². The summed E-state index contributed by atoms with van der Waals surface area (Å²) >= 11 is 3.39. The minimum absolute atomic E-state index is 0.0757. The van der Waals surface area contributed by atoms with Crippen LogP contribution in [0.5, 0.6) is 0 Å².